The first kappa shape index (κ1) is 20.0. The normalized spacial score (nSPS) is 29.3. The molecule has 2 fully saturated rings. The zero-order chi connectivity index (χ0) is 13.3. The van der Waals surface area contributed by atoms with E-state index in [1.54, 1.807) is 0 Å². The molecule has 2 saturated heterocycles. The molecule has 6 heteroatoms. The lowest BCUT2D eigenvalue weighted by Crippen LogP contribution is -2.51. The van der Waals surface area contributed by atoms with Crippen molar-refractivity contribution in [2.45, 2.75) is 64.1 Å². The van der Waals surface area contributed by atoms with E-state index in [-0.39, 0.29) is 36.3 Å². The first-order chi connectivity index (χ1) is 8.39. The van der Waals surface area contributed by atoms with Crippen LogP contribution in [0.5, 0.6) is 0 Å². The van der Waals surface area contributed by atoms with Gasteiger partial charge in [-0.3, -0.25) is 9.69 Å². The first-order valence-corrected chi connectivity index (χ1v) is 7.16. The van der Waals surface area contributed by atoms with Gasteiger partial charge in [0.2, 0.25) is 5.91 Å². The van der Waals surface area contributed by atoms with Crippen LogP contribution in [0.25, 0.3) is 0 Å². The van der Waals surface area contributed by atoms with Crippen LogP contribution in [0.2, 0.25) is 0 Å². The van der Waals surface area contributed by atoms with E-state index in [0.29, 0.717) is 24.5 Å². The molecule has 3 N–H and O–H groups in total. The predicted molar refractivity (Wildman–Crippen MR) is 87.7 cm³/mol. The number of carbonyl (C=O) groups is 1. The van der Waals surface area contributed by atoms with Crippen molar-refractivity contribution < 1.29 is 4.79 Å². The molecule has 2 aliphatic rings. The number of nitrogens with one attached hydrogen (secondary N) is 1. The molecule has 0 saturated carbocycles. The van der Waals surface area contributed by atoms with Gasteiger partial charge in [0.05, 0.1) is 6.54 Å². The summed E-state index contributed by atoms with van der Waals surface area (Å²) >= 11 is 0. The van der Waals surface area contributed by atoms with Crippen LogP contribution in [0.4, 0.5) is 0 Å². The van der Waals surface area contributed by atoms with Crippen molar-refractivity contribution in [3.8, 4) is 0 Å². The van der Waals surface area contributed by atoms with Crippen LogP contribution < -0.4 is 11.1 Å². The molecule has 0 radical (unpaired) electrons. The van der Waals surface area contributed by atoms with E-state index < -0.39 is 0 Å². The second kappa shape index (κ2) is 7.83. The molecule has 0 aromatic rings. The number of carbonyl (C=O) groups excluding carboxylic acids is 1. The lowest BCUT2D eigenvalue weighted by atomic mass is 9.91. The zero-order valence-corrected chi connectivity index (χ0v) is 14.4. The molecule has 4 nitrogen and oxygen atoms in total. The van der Waals surface area contributed by atoms with Gasteiger partial charge >= 0.3 is 0 Å². The van der Waals surface area contributed by atoms with Crippen LogP contribution in [-0.4, -0.2) is 41.5 Å². The Balaban J connectivity index is 0.00000180. The van der Waals surface area contributed by atoms with Crippen molar-refractivity contribution in [1.29, 1.82) is 0 Å². The van der Waals surface area contributed by atoms with Crippen LogP contribution in [-0.2, 0) is 4.79 Å². The molecule has 120 valence electrons. The Bertz CT molecular complexity index is 306. The van der Waals surface area contributed by atoms with Gasteiger partial charge in [-0.25, -0.2) is 0 Å². The topological polar surface area (TPSA) is 58.4 Å². The standard InChI is InChI=1S/C14H27N3O.2ClH/c1-14(2,3)16-13(18)9-17-11-4-5-12(17)7-10(6-11)8-15;;/h10-12H,4-9,15H2,1-3H3,(H,16,18);2*1H/t10-,11-,12+;;. The number of piperidine rings is 1. The van der Waals surface area contributed by atoms with Gasteiger partial charge in [0.15, 0.2) is 0 Å². The summed E-state index contributed by atoms with van der Waals surface area (Å²) in [5.74, 6) is 0.829. The third-order valence-electron chi connectivity index (χ3n) is 4.16. The molecular formula is C14H29Cl2N3O. The number of hydrogen-bond acceptors (Lipinski definition) is 3. The number of rotatable bonds is 3. The second-order valence-electron chi connectivity index (χ2n) is 6.93. The maximum Gasteiger partial charge on any atom is 0.234 e. The van der Waals surface area contributed by atoms with Gasteiger partial charge in [-0.05, 0) is 58.9 Å². The number of nitrogens with zero attached hydrogens (tertiary/aromatic N) is 1. The van der Waals surface area contributed by atoms with E-state index >= 15 is 0 Å². The van der Waals surface area contributed by atoms with E-state index in [0.717, 1.165) is 6.54 Å². The number of amides is 1. The molecule has 2 bridgehead atoms. The Morgan fingerprint density at radius 3 is 2.10 bits per heavy atom. The average molecular weight is 326 g/mol. The van der Waals surface area contributed by atoms with Gasteiger partial charge in [-0.15, -0.1) is 24.8 Å². The van der Waals surface area contributed by atoms with Gasteiger partial charge in [-0.2, -0.15) is 0 Å². The molecule has 0 aromatic carbocycles. The molecule has 0 aliphatic carbocycles. The van der Waals surface area contributed by atoms with Crippen LogP contribution >= 0.6 is 24.8 Å². The zero-order valence-electron chi connectivity index (χ0n) is 12.7. The largest absolute Gasteiger partial charge is 0.350 e. The molecule has 0 unspecified atom stereocenters. The number of halogens is 2. The summed E-state index contributed by atoms with van der Waals surface area (Å²) in [6, 6.07) is 1.17. The quantitative estimate of drug-likeness (QED) is 0.833. The Morgan fingerprint density at radius 2 is 1.70 bits per heavy atom. The predicted octanol–water partition coefficient (Wildman–Crippen LogP) is 1.95. The highest BCUT2D eigenvalue weighted by molar-refractivity contribution is 5.85. The van der Waals surface area contributed by atoms with Gasteiger partial charge in [0.25, 0.3) is 0 Å². The number of hydrogen-bond donors (Lipinski definition) is 2. The molecular weight excluding hydrogens is 297 g/mol. The van der Waals surface area contributed by atoms with Gasteiger partial charge in [-0.1, -0.05) is 0 Å². The Kier molecular flexibility index (Phi) is 7.82. The second-order valence-corrected chi connectivity index (χ2v) is 6.93. The molecule has 2 aliphatic heterocycles. The molecule has 0 aromatic heterocycles. The van der Waals surface area contributed by atoms with Crippen LogP contribution in [0.15, 0.2) is 0 Å². The fraction of sp³-hybridized carbons (Fsp3) is 0.929. The van der Waals surface area contributed by atoms with Crippen LogP contribution in [0.1, 0.15) is 46.5 Å². The van der Waals surface area contributed by atoms with Gasteiger partial charge in [0.1, 0.15) is 0 Å². The lowest BCUT2D eigenvalue weighted by molar-refractivity contribution is -0.125. The molecule has 2 rings (SSSR count). The monoisotopic (exact) mass is 325 g/mol. The summed E-state index contributed by atoms with van der Waals surface area (Å²) in [6.45, 7) is 7.44. The summed E-state index contributed by atoms with van der Waals surface area (Å²) < 4.78 is 0. The van der Waals surface area contributed by atoms with Crippen molar-refractivity contribution in [3.05, 3.63) is 0 Å². The van der Waals surface area contributed by atoms with E-state index in [9.17, 15) is 4.79 Å². The summed E-state index contributed by atoms with van der Waals surface area (Å²) in [5, 5.41) is 3.06. The molecule has 0 spiro atoms. The van der Waals surface area contributed by atoms with Crippen molar-refractivity contribution in [2.24, 2.45) is 11.7 Å². The maximum atomic E-state index is 12.0. The third kappa shape index (κ3) is 5.06. The Hall–Kier alpha value is -0.0300. The van der Waals surface area contributed by atoms with E-state index in [2.05, 4.69) is 10.2 Å². The molecule has 2 heterocycles. The summed E-state index contributed by atoms with van der Waals surface area (Å²) in [4.78, 5) is 14.4. The van der Waals surface area contributed by atoms with Crippen molar-refractivity contribution in [2.75, 3.05) is 13.1 Å². The average Bonchev–Trinajstić information content (AvgIpc) is 2.49. The minimum atomic E-state index is -0.133. The minimum absolute atomic E-state index is 0. The summed E-state index contributed by atoms with van der Waals surface area (Å²) in [5.41, 5.74) is 5.65. The highest BCUT2D eigenvalue weighted by Gasteiger charge is 2.40. The van der Waals surface area contributed by atoms with Crippen LogP contribution in [0.3, 0.4) is 0 Å². The number of nitrogens with two attached hydrogens (primary N) is 1. The van der Waals surface area contributed by atoms with Gasteiger partial charge < -0.3 is 11.1 Å². The van der Waals surface area contributed by atoms with Crippen molar-refractivity contribution >= 4 is 30.7 Å². The Morgan fingerprint density at radius 1 is 1.20 bits per heavy atom. The SMILES string of the molecule is CC(C)(C)NC(=O)CN1[C@@H]2CC[C@H]1C[C@H](CN)C2.Cl.Cl. The number of fused-ring (bicyclic) bond motifs is 2. The summed E-state index contributed by atoms with van der Waals surface area (Å²) in [6.07, 6.45) is 4.83. The van der Waals surface area contributed by atoms with Crippen molar-refractivity contribution in [1.82, 2.24) is 10.2 Å². The van der Waals surface area contributed by atoms with Crippen molar-refractivity contribution in [3.63, 3.8) is 0 Å². The fourth-order valence-corrected chi connectivity index (χ4v) is 3.46. The summed E-state index contributed by atoms with van der Waals surface area (Å²) in [7, 11) is 0. The molecule has 3 atom stereocenters. The third-order valence-corrected chi connectivity index (χ3v) is 4.16. The van der Waals surface area contributed by atoms with Gasteiger partial charge in [0, 0.05) is 17.6 Å². The molecule has 20 heavy (non-hydrogen) atoms. The van der Waals surface area contributed by atoms with E-state index in [1.165, 1.54) is 25.7 Å². The highest BCUT2D eigenvalue weighted by Crippen LogP contribution is 2.37. The first-order valence-electron chi connectivity index (χ1n) is 7.16. The smallest absolute Gasteiger partial charge is 0.234 e. The van der Waals surface area contributed by atoms with Crippen LogP contribution in [0, 0.1) is 5.92 Å². The maximum absolute atomic E-state index is 12.0. The lowest BCUT2D eigenvalue weighted by Gasteiger charge is -2.38. The van der Waals surface area contributed by atoms with E-state index in [1.807, 2.05) is 20.8 Å². The minimum Gasteiger partial charge on any atom is -0.350 e. The Labute approximate surface area is 135 Å². The highest BCUT2D eigenvalue weighted by atomic mass is 35.5. The fourth-order valence-electron chi connectivity index (χ4n) is 3.46. The molecule has 1 amide bonds. The van der Waals surface area contributed by atoms with E-state index in [4.69, 9.17) is 5.73 Å².